The number of hydrogen-bond acceptors (Lipinski definition) is 4. The van der Waals surface area contributed by atoms with Crippen LogP contribution in [0.3, 0.4) is 0 Å². The monoisotopic (exact) mass is 382 g/mol. The maximum Gasteiger partial charge on any atom is 0.269 e. The molecule has 3 N–H and O–H groups in total. The molecule has 132 valence electrons. The summed E-state index contributed by atoms with van der Waals surface area (Å²) in [4.78, 5) is 11.9. The van der Waals surface area contributed by atoms with E-state index in [1.807, 2.05) is 0 Å². The molecule has 1 unspecified atom stereocenters. The van der Waals surface area contributed by atoms with E-state index in [1.54, 1.807) is 36.4 Å². The fourth-order valence-electron chi connectivity index (χ4n) is 2.70. The first-order valence-corrected chi connectivity index (χ1v) is 8.67. The van der Waals surface area contributed by atoms with Gasteiger partial charge >= 0.3 is 0 Å². The second-order valence-electron chi connectivity index (χ2n) is 5.95. The Kier molecular flexibility index (Phi) is 4.46. The fraction of sp³-hybridized carbons (Fsp3) is 0.188. The van der Waals surface area contributed by atoms with Gasteiger partial charge in [0.1, 0.15) is 16.7 Å². The summed E-state index contributed by atoms with van der Waals surface area (Å²) in [7, 11) is 0. The Balaban J connectivity index is 2.20. The number of rotatable bonds is 4. The van der Waals surface area contributed by atoms with Crippen molar-refractivity contribution in [2.75, 3.05) is 4.31 Å². The summed E-state index contributed by atoms with van der Waals surface area (Å²) in [5.74, 6) is -0.821. The minimum absolute atomic E-state index is 0.319. The number of carbonyl (C=O) groups is 1. The molecule has 3 rings (SSSR count). The molecule has 3 aromatic rings. The second-order valence-corrected chi connectivity index (χ2v) is 7.21. The van der Waals surface area contributed by atoms with Crippen molar-refractivity contribution in [1.29, 1.82) is 0 Å². The van der Waals surface area contributed by atoms with Gasteiger partial charge in [0.2, 0.25) is 0 Å². The zero-order valence-corrected chi connectivity index (χ0v) is 14.9. The van der Waals surface area contributed by atoms with Gasteiger partial charge in [-0.05, 0) is 44.2 Å². The van der Waals surface area contributed by atoms with Gasteiger partial charge in [0.05, 0.1) is 5.69 Å². The van der Waals surface area contributed by atoms with Gasteiger partial charge in [-0.15, -0.1) is 0 Å². The number of nitrogens with zero attached hydrogens (tertiary/aromatic N) is 1. The van der Waals surface area contributed by atoms with Crippen molar-refractivity contribution in [3.05, 3.63) is 41.4 Å². The fourth-order valence-corrected chi connectivity index (χ4v) is 3.63. The van der Waals surface area contributed by atoms with Gasteiger partial charge in [-0.3, -0.25) is 18.9 Å². The number of furan rings is 1. The number of fused-ring (bicyclic) bond motifs is 3. The SMILES string of the molecule is CC(C)(C(=O)NO)N(c1ccc2oc3cc(Cl)ccc3c2c1)S(=O)O. The van der Waals surface area contributed by atoms with E-state index in [4.69, 9.17) is 21.2 Å². The smallest absolute Gasteiger partial charge is 0.269 e. The Hall–Kier alpha value is -2.13. The van der Waals surface area contributed by atoms with Crippen LogP contribution in [0.15, 0.2) is 40.8 Å². The molecule has 9 heteroatoms. The zero-order chi connectivity index (χ0) is 18.4. The summed E-state index contributed by atoms with van der Waals surface area (Å²) in [5, 5.41) is 10.9. The van der Waals surface area contributed by atoms with E-state index in [9.17, 15) is 13.6 Å². The lowest BCUT2D eigenvalue weighted by Crippen LogP contribution is -2.55. The molecular formula is C16H15ClN2O5S. The topological polar surface area (TPSA) is 103 Å². The highest BCUT2D eigenvalue weighted by molar-refractivity contribution is 7.80. The van der Waals surface area contributed by atoms with Crippen LogP contribution in [0, 0.1) is 0 Å². The molecule has 0 saturated heterocycles. The largest absolute Gasteiger partial charge is 0.456 e. The third-order valence-corrected chi connectivity index (χ3v) is 5.19. The van der Waals surface area contributed by atoms with E-state index in [1.165, 1.54) is 19.3 Å². The van der Waals surface area contributed by atoms with Gasteiger partial charge in [0.15, 0.2) is 0 Å². The molecule has 0 radical (unpaired) electrons. The van der Waals surface area contributed by atoms with Crippen molar-refractivity contribution in [2.24, 2.45) is 0 Å². The van der Waals surface area contributed by atoms with Crippen molar-refractivity contribution >= 4 is 56.4 Å². The predicted molar refractivity (Wildman–Crippen MR) is 96.0 cm³/mol. The normalized spacial score (nSPS) is 13.2. The predicted octanol–water partition coefficient (Wildman–Crippen LogP) is 3.47. The molecule has 1 aromatic heterocycles. The molecule has 1 atom stereocenters. The van der Waals surface area contributed by atoms with E-state index >= 15 is 0 Å². The zero-order valence-electron chi connectivity index (χ0n) is 13.3. The first-order valence-electron chi connectivity index (χ1n) is 7.23. The molecule has 2 aromatic carbocycles. The molecule has 0 spiro atoms. The van der Waals surface area contributed by atoms with Gasteiger partial charge in [-0.2, -0.15) is 0 Å². The summed E-state index contributed by atoms with van der Waals surface area (Å²) in [6.45, 7) is 2.84. The molecule has 7 nitrogen and oxygen atoms in total. The van der Waals surface area contributed by atoms with E-state index in [0.29, 0.717) is 27.3 Å². The molecule has 0 aliphatic heterocycles. The summed E-state index contributed by atoms with van der Waals surface area (Å²) in [6, 6.07) is 10.0. The Labute approximate surface area is 150 Å². The highest BCUT2D eigenvalue weighted by Crippen LogP contribution is 2.35. The molecule has 1 heterocycles. The first-order chi connectivity index (χ1) is 11.8. The van der Waals surface area contributed by atoms with Crippen LogP contribution in [0.4, 0.5) is 5.69 Å². The van der Waals surface area contributed by atoms with Crippen LogP contribution < -0.4 is 9.79 Å². The van der Waals surface area contributed by atoms with Gasteiger partial charge in [0.25, 0.3) is 17.2 Å². The minimum Gasteiger partial charge on any atom is -0.456 e. The molecule has 0 aliphatic carbocycles. The van der Waals surface area contributed by atoms with Crippen molar-refractivity contribution in [3.63, 3.8) is 0 Å². The van der Waals surface area contributed by atoms with Gasteiger partial charge < -0.3 is 4.42 Å². The third-order valence-electron chi connectivity index (χ3n) is 3.97. The van der Waals surface area contributed by atoms with E-state index in [0.717, 1.165) is 9.69 Å². The lowest BCUT2D eigenvalue weighted by Gasteiger charge is -2.34. The Morgan fingerprint density at radius 2 is 1.92 bits per heavy atom. The average molecular weight is 383 g/mol. The second kappa shape index (κ2) is 6.30. The standard InChI is InChI=1S/C16H15ClN2O5S/c1-16(2,15(20)18-21)19(25(22)23)10-4-6-13-12(8-10)11-5-3-9(17)7-14(11)24-13/h3-8,21H,1-2H3,(H,18,20)(H,22,23). The number of halogens is 1. The summed E-state index contributed by atoms with van der Waals surface area (Å²) in [5.41, 5.74) is 1.52. The van der Waals surface area contributed by atoms with Gasteiger partial charge in [0, 0.05) is 21.9 Å². The van der Waals surface area contributed by atoms with Crippen molar-refractivity contribution in [1.82, 2.24) is 5.48 Å². The third kappa shape index (κ3) is 2.98. The summed E-state index contributed by atoms with van der Waals surface area (Å²) < 4.78 is 28.3. The molecule has 25 heavy (non-hydrogen) atoms. The van der Waals surface area contributed by atoms with Crippen LogP contribution in [-0.4, -0.2) is 25.4 Å². The van der Waals surface area contributed by atoms with Crippen LogP contribution in [0.5, 0.6) is 0 Å². The van der Waals surface area contributed by atoms with Crippen LogP contribution in [-0.2, 0) is 16.1 Å². The van der Waals surface area contributed by atoms with Gasteiger partial charge in [-0.25, -0.2) is 9.69 Å². The molecule has 0 saturated carbocycles. The maximum atomic E-state index is 11.9. The van der Waals surface area contributed by atoms with E-state index in [2.05, 4.69) is 0 Å². The van der Waals surface area contributed by atoms with Crippen LogP contribution >= 0.6 is 11.6 Å². The molecule has 0 aliphatic rings. The Morgan fingerprint density at radius 1 is 1.20 bits per heavy atom. The van der Waals surface area contributed by atoms with Crippen molar-refractivity contribution < 1.29 is 23.2 Å². The quantitative estimate of drug-likeness (QED) is 0.364. The number of carbonyl (C=O) groups excluding carboxylic acids is 1. The molecule has 0 bridgehead atoms. The minimum atomic E-state index is -2.50. The highest BCUT2D eigenvalue weighted by Gasteiger charge is 2.38. The van der Waals surface area contributed by atoms with Gasteiger partial charge in [-0.1, -0.05) is 11.6 Å². The van der Waals surface area contributed by atoms with Crippen LogP contribution in [0.25, 0.3) is 21.9 Å². The summed E-state index contributed by atoms with van der Waals surface area (Å²) >= 11 is 3.47. The lowest BCUT2D eigenvalue weighted by molar-refractivity contribution is -0.133. The van der Waals surface area contributed by atoms with Crippen LogP contribution in [0.2, 0.25) is 5.02 Å². The molecule has 0 fully saturated rings. The number of nitrogens with one attached hydrogen (secondary N) is 1. The lowest BCUT2D eigenvalue weighted by atomic mass is 10.0. The average Bonchev–Trinajstić information content (AvgIpc) is 2.90. The van der Waals surface area contributed by atoms with Crippen molar-refractivity contribution in [2.45, 2.75) is 19.4 Å². The number of amides is 1. The number of hydrogen-bond donors (Lipinski definition) is 3. The highest BCUT2D eigenvalue weighted by atomic mass is 35.5. The number of anilines is 1. The molecular weight excluding hydrogens is 368 g/mol. The number of benzene rings is 2. The number of hydroxylamine groups is 1. The Morgan fingerprint density at radius 3 is 2.56 bits per heavy atom. The maximum absolute atomic E-state index is 11.9. The summed E-state index contributed by atoms with van der Waals surface area (Å²) in [6.07, 6.45) is 0. The molecule has 1 amide bonds. The Bertz CT molecular complexity index is 1000. The van der Waals surface area contributed by atoms with Crippen LogP contribution in [0.1, 0.15) is 13.8 Å². The van der Waals surface area contributed by atoms with E-state index in [-0.39, 0.29) is 0 Å². The van der Waals surface area contributed by atoms with Crippen molar-refractivity contribution in [3.8, 4) is 0 Å². The first kappa shape index (κ1) is 17.7. The van der Waals surface area contributed by atoms with E-state index < -0.39 is 22.7 Å².